The van der Waals surface area contributed by atoms with Crippen LogP contribution < -0.4 is 10.0 Å². The van der Waals surface area contributed by atoms with Gasteiger partial charge in [-0.2, -0.15) is 0 Å². The molecule has 10 nitrogen and oxygen atoms in total. The Morgan fingerprint density at radius 1 is 1.06 bits per heavy atom. The van der Waals surface area contributed by atoms with Crippen molar-refractivity contribution in [3.05, 3.63) is 66.4 Å². The molecule has 0 aliphatic carbocycles. The molecular formula is C20H17N5O5S2. The van der Waals surface area contributed by atoms with E-state index in [1.807, 2.05) is 0 Å². The van der Waals surface area contributed by atoms with Gasteiger partial charge in [-0.1, -0.05) is 35.1 Å². The highest BCUT2D eigenvalue weighted by Crippen LogP contribution is 2.25. The Bertz CT molecular complexity index is 1320. The minimum absolute atomic E-state index is 0.0493. The zero-order chi connectivity index (χ0) is 22.6. The van der Waals surface area contributed by atoms with Gasteiger partial charge in [-0.25, -0.2) is 8.42 Å². The number of carbonyl (C=O) groups is 1. The Morgan fingerprint density at radius 3 is 2.50 bits per heavy atom. The van der Waals surface area contributed by atoms with Crippen LogP contribution in [0.15, 0.2) is 79.7 Å². The average Bonchev–Trinajstić information content (AvgIpc) is 3.42. The van der Waals surface area contributed by atoms with Crippen LogP contribution in [-0.2, 0) is 14.8 Å². The van der Waals surface area contributed by atoms with E-state index in [2.05, 4.69) is 25.4 Å². The van der Waals surface area contributed by atoms with Crippen molar-refractivity contribution in [3.63, 3.8) is 0 Å². The van der Waals surface area contributed by atoms with Gasteiger partial charge >= 0.3 is 0 Å². The summed E-state index contributed by atoms with van der Waals surface area (Å²) >= 11 is 1.08. The predicted octanol–water partition coefficient (Wildman–Crippen LogP) is 3.56. The summed E-state index contributed by atoms with van der Waals surface area (Å²) < 4.78 is 37.8. The molecule has 0 unspecified atom stereocenters. The molecule has 0 atom stereocenters. The molecule has 32 heavy (non-hydrogen) atoms. The van der Waals surface area contributed by atoms with Crippen molar-refractivity contribution in [2.24, 2.45) is 0 Å². The van der Waals surface area contributed by atoms with Crippen molar-refractivity contribution >= 4 is 39.2 Å². The highest BCUT2D eigenvalue weighted by atomic mass is 32.2. The number of sulfonamides is 1. The maximum Gasteiger partial charge on any atom is 0.277 e. The molecule has 0 aliphatic rings. The van der Waals surface area contributed by atoms with E-state index in [1.165, 1.54) is 12.1 Å². The Hall–Kier alpha value is -3.64. The van der Waals surface area contributed by atoms with Crippen molar-refractivity contribution < 1.29 is 22.2 Å². The van der Waals surface area contributed by atoms with Gasteiger partial charge in [-0.05, 0) is 43.3 Å². The summed E-state index contributed by atoms with van der Waals surface area (Å²) in [5.41, 5.74) is 1.00. The number of anilines is 2. The molecule has 1 amide bonds. The Labute approximate surface area is 187 Å². The highest BCUT2D eigenvalue weighted by molar-refractivity contribution is 7.99. The van der Waals surface area contributed by atoms with Gasteiger partial charge in [0.15, 0.2) is 5.82 Å². The van der Waals surface area contributed by atoms with Crippen LogP contribution >= 0.6 is 11.8 Å². The number of carbonyl (C=O) groups excluding carboxylic acids is 1. The third-order valence-electron chi connectivity index (χ3n) is 4.07. The lowest BCUT2D eigenvalue weighted by molar-refractivity contribution is -0.113. The van der Waals surface area contributed by atoms with E-state index in [9.17, 15) is 13.2 Å². The highest BCUT2D eigenvalue weighted by Gasteiger charge is 2.15. The molecule has 0 radical (unpaired) electrons. The number of thioether (sulfide) groups is 1. The standard InChI is InChI=1S/C20H17N5O5S2/c1-13-11-17(24-30-13)21-18(26)12-31-20-23-22-19(29-20)14-7-9-15(10-8-14)25-32(27,28)16-5-3-2-4-6-16/h2-11,25H,12H2,1H3,(H,21,24,26). The lowest BCUT2D eigenvalue weighted by atomic mass is 10.2. The number of nitrogens with zero attached hydrogens (tertiary/aromatic N) is 3. The Morgan fingerprint density at radius 2 is 1.81 bits per heavy atom. The normalized spacial score (nSPS) is 11.3. The second-order valence-corrected chi connectivity index (χ2v) is 9.14. The SMILES string of the molecule is Cc1cc(NC(=O)CSc2nnc(-c3ccc(NS(=O)(=O)c4ccccc4)cc3)o2)no1. The zero-order valence-corrected chi connectivity index (χ0v) is 18.3. The quantitative estimate of drug-likeness (QED) is 0.369. The molecule has 0 saturated carbocycles. The minimum Gasteiger partial charge on any atom is -0.411 e. The molecule has 0 fully saturated rings. The number of aromatic nitrogens is 3. The molecule has 12 heteroatoms. The number of nitrogens with one attached hydrogen (secondary N) is 2. The van der Waals surface area contributed by atoms with Crippen LogP contribution in [0.4, 0.5) is 11.5 Å². The van der Waals surface area contributed by atoms with Crippen molar-refractivity contribution in [1.82, 2.24) is 15.4 Å². The zero-order valence-electron chi connectivity index (χ0n) is 16.7. The van der Waals surface area contributed by atoms with Gasteiger partial charge in [0.1, 0.15) is 5.76 Å². The number of aryl methyl sites for hydroxylation is 1. The van der Waals surface area contributed by atoms with E-state index < -0.39 is 10.0 Å². The molecule has 164 valence electrons. The largest absolute Gasteiger partial charge is 0.411 e. The fraction of sp³-hybridized carbons (Fsp3) is 0.100. The van der Waals surface area contributed by atoms with Crippen molar-refractivity contribution in [2.75, 3.05) is 15.8 Å². The van der Waals surface area contributed by atoms with Crippen LogP contribution in [0.5, 0.6) is 0 Å². The molecule has 4 aromatic rings. The Balaban J connectivity index is 1.35. The van der Waals surface area contributed by atoms with E-state index in [0.29, 0.717) is 22.8 Å². The summed E-state index contributed by atoms with van der Waals surface area (Å²) in [7, 11) is -3.68. The molecule has 2 aromatic carbocycles. The number of hydrogen-bond donors (Lipinski definition) is 2. The Kier molecular flexibility index (Phi) is 6.23. The van der Waals surface area contributed by atoms with E-state index >= 15 is 0 Å². The second kappa shape index (κ2) is 9.24. The number of hydrogen-bond acceptors (Lipinski definition) is 9. The van der Waals surface area contributed by atoms with Crippen LogP contribution in [0, 0.1) is 6.92 Å². The topological polar surface area (TPSA) is 140 Å². The second-order valence-electron chi connectivity index (χ2n) is 6.53. The van der Waals surface area contributed by atoms with Crippen molar-refractivity contribution in [2.45, 2.75) is 17.0 Å². The fourth-order valence-corrected chi connectivity index (χ4v) is 4.25. The monoisotopic (exact) mass is 471 g/mol. The van der Waals surface area contributed by atoms with Gasteiger partial charge in [-0.3, -0.25) is 9.52 Å². The molecule has 0 bridgehead atoms. The smallest absolute Gasteiger partial charge is 0.277 e. The van der Waals surface area contributed by atoms with Gasteiger partial charge < -0.3 is 14.3 Å². The molecular weight excluding hydrogens is 454 g/mol. The van der Waals surface area contributed by atoms with Crippen LogP contribution in [0.3, 0.4) is 0 Å². The molecule has 0 saturated heterocycles. The van der Waals surface area contributed by atoms with Crippen LogP contribution in [0.25, 0.3) is 11.5 Å². The maximum absolute atomic E-state index is 12.4. The molecule has 0 aliphatic heterocycles. The average molecular weight is 472 g/mol. The molecule has 0 spiro atoms. The summed E-state index contributed by atoms with van der Waals surface area (Å²) in [4.78, 5) is 12.1. The summed E-state index contributed by atoms with van der Waals surface area (Å²) in [6, 6.07) is 16.2. The van der Waals surface area contributed by atoms with E-state index in [0.717, 1.165) is 11.8 Å². The summed E-state index contributed by atoms with van der Waals surface area (Å²) in [6.45, 7) is 1.72. The molecule has 2 aromatic heterocycles. The first kappa shape index (κ1) is 21.6. The number of amides is 1. The van der Waals surface area contributed by atoms with Gasteiger partial charge in [-0.15, -0.1) is 10.2 Å². The minimum atomic E-state index is -3.68. The van der Waals surface area contributed by atoms with E-state index in [4.69, 9.17) is 8.94 Å². The lowest BCUT2D eigenvalue weighted by Gasteiger charge is -2.08. The first-order valence-electron chi connectivity index (χ1n) is 9.27. The fourth-order valence-electron chi connectivity index (χ4n) is 2.61. The van der Waals surface area contributed by atoms with Crippen LogP contribution in [-0.4, -0.2) is 35.4 Å². The van der Waals surface area contributed by atoms with Gasteiger partial charge in [0.05, 0.1) is 10.6 Å². The third kappa shape index (κ3) is 5.34. The van der Waals surface area contributed by atoms with E-state index in [-0.39, 0.29) is 27.7 Å². The predicted molar refractivity (Wildman–Crippen MR) is 118 cm³/mol. The van der Waals surface area contributed by atoms with Gasteiger partial charge in [0.2, 0.25) is 11.8 Å². The number of rotatable bonds is 8. The van der Waals surface area contributed by atoms with Crippen molar-refractivity contribution in [3.8, 4) is 11.5 Å². The van der Waals surface area contributed by atoms with Gasteiger partial charge in [0, 0.05) is 17.3 Å². The third-order valence-corrected chi connectivity index (χ3v) is 6.28. The lowest BCUT2D eigenvalue weighted by Crippen LogP contribution is -2.14. The van der Waals surface area contributed by atoms with E-state index in [1.54, 1.807) is 55.5 Å². The summed E-state index contributed by atoms with van der Waals surface area (Å²) in [6.07, 6.45) is 0. The van der Waals surface area contributed by atoms with Crippen molar-refractivity contribution in [1.29, 1.82) is 0 Å². The molecule has 2 heterocycles. The molecule has 4 rings (SSSR count). The summed E-state index contributed by atoms with van der Waals surface area (Å²) in [5, 5.41) is 14.4. The van der Waals surface area contributed by atoms with Gasteiger partial charge in [0.25, 0.3) is 15.2 Å². The maximum atomic E-state index is 12.4. The van der Waals surface area contributed by atoms with Crippen LogP contribution in [0.2, 0.25) is 0 Å². The summed E-state index contributed by atoms with van der Waals surface area (Å²) in [5.74, 6) is 0.930. The number of benzene rings is 2. The first-order valence-corrected chi connectivity index (χ1v) is 11.7. The molecule has 2 N–H and O–H groups in total. The van der Waals surface area contributed by atoms with Crippen LogP contribution in [0.1, 0.15) is 5.76 Å². The first-order chi connectivity index (χ1) is 15.4.